The van der Waals surface area contributed by atoms with Crippen LogP contribution >= 0.6 is 28.3 Å². The van der Waals surface area contributed by atoms with Gasteiger partial charge in [0.1, 0.15) is 0 Å². The van der Waals surface area contributed by atoms with Gasteiger partial charge in [-0.25, -0.2) is 0 Å². The summed E-state index contributed by atoms with van der Waals surface area (Å²) in [5.74, 6) is 0.481. The minimum atomic E-state index is 0. The predicted molar refractivity (Wildman–Crippen MR) is 85.9 cm³/mol. The van der Waals surface area contributed by atoms with Gasteiger partial charge in [0.15, 0.2) is 0 Å². The van der Waals surface area contributed by atoms with E-state index >= 15 is 0 Å². The molecule has 1 aliphatic heterocycles. The highest BCUT2D eigenvalue weighted by molar-refractivity contribution is 9.10. The lowest BCUT2D eigenvalue weighted by Gasteiger charge is -2.23. The van der Waals surface area contributed by atoms with Crippen molar-refractivity contribution in [2.45, 2.75) is 25.8 Å². The van der Waals surface area contributed by atoms with Gasteiger partial charge in [-0.1, -0.05) is 34.1 Å². The summed E-state index contributed by atoms with van der Waals surface area (Å²) < 4.78 is 1.06. The summed E-state index contributed by atoms with van der Waals surface area (Å²) in [5, 5.41) is 6.45. The Kier molecular flexibility index (Phi) is 5.10. The molecule has 2 aliphatic rings. The summed E-state index contributed by atoms with van der Waals surface area (Å²) in [5.41, 5.74) is 1.46. The Morgan fingerprint density at radius 1 is 1.35 bits per heavy atom. The van der Waals surface area contributed by atoms with Crippen LogP contribution in [0.3, 0.4) is 0 Å². The van der Waals surface area contributed by atoms with E-state index in [9.17, 15) is 4.79 Å². The highest BCUT2D eigenvalue weighted by atomic mass is 79.9. The quantitative estimate of drug-likeness (QED) is 0.871. The van der Waals surface area contributed by atoms with E-state index in [1.165, 1.54) is 0 Å². The van der Waals surface area contributed by atoms with E-state index in [0.717, 1.165) is 42.4 Å². The predicted octanol–water partition coefficient (Wildman–Crippen LogP) is 2.88. The van der Waals surface area contributed by atoms with Crippen molar-refractivity contribution in [2.75, 3.05) is 13.1 Å². The van der Waals surface area contributed by atoms with Crippen molar-refractivity contribution in [3.8, 4) is 0 Å². The van der Waals surface area contributed by atoms with Crippen molar-refractivity contribution in [3.63, 3.8) is 0 Å². The zero-order chi connectivity index (χ0) is 13.3. The number of hydrogen-bond acceptors (Lipinski definition) is 2. The molecule has 0 radical (unpaired) electrons. The zero-order valence-corrected chi connectivity index (χ0v) is 13.7. The van der Waals surface area contributed by atoms with Crippen molar-refractivity contribution in [1.82, 2.24) is 10.6 Å². The lowest BCUT2D eigenvalue weighted by molar-refractivity contribution is -0.123. The van der Waals surface area contributed by atoms with Gasteiger partial charge in [0.2, 0.25) is 5.91 Å². The Morgan fingerprint density at radius 3 is 2.75 bits per heavy atom. The minimum absolute atomic E-state index is 0. The van der Waals surface area contributed by atoms with Gasteiger partial charge in [0, 0.05) is 16.9 Å². The number of benzene rings is 1. The monoisotopic (exact) mass is 358 g/mol. The van der Waals surface area contributed by atoms with Gasteiger partial charge in [-0.05, 0) is 49.4 Å². The molecule has 0 aromatic heterocycles. The lowest BCUT2D eigenvalue weighted by atomic mass is 9.92. The van der Waals surface area contributed by atoms with Crippen molar-refractivity contribution in [2.24, 2.45) is 11.3 Å². The first-order valence-electron chi connectivity index (χ1n) is 6.93. The van der Waals surface area contributed by atoms with Crippen molar-refractivity contribution in [1.29, 1.82) is 0 Å². The van der Waals surface area contributed by atoms with E-state index in [1.54, 1.807) is 0 Å². The maximum atomic E-state index is 12.2. The molecule has 0 bridgehead atoms. The molecule has 2 N–H and O–H groups in total. The Labute approximate surface area is 134 Å². The molecule has 3 nitrogen and oxygen atoms in total. The van der Waals surface area contributed by atoms with Crippen LogP contribution in [0.2, 0.25) is 0 Å². The van der Waals surface area contributed by atoms with Gasteiger partial charge >= 0.3 is 0 Å². The van der Waals surface area contributed by atoms with E-state index in [0.29, 0.717) is 12.0 Å². The van der Waals surface area contributed by atoms with Crippen LogP contribution in [0.5, 0.6) is 0 Å². The molecule has 20 heavy (non-hydrogen) atoms. The van der Waals surface area contributed by atoms with Crippen LogP contribution in [-0.4, -0.2) is 19.0 Å². The molecule has 1 aromatic rings. The molecular formula is C15H20BrClN2O. The first-order chi connectivity index (χ1) is 9.21. The topological polar surface area (TPSA) is 41.1 Å². The fraction of sp³-hybridized carbons (Fsp3) is 0.533. The number of hydrogen-bond donors (Lipinski definition) is 2. The van der Waals surface area contributed by atoms with Gasteiger partial charge in [0.25, 0.3) is 0 Å². The summed E-state index contributed by atoms with van der Waals surface area (Å²) in [6.07, 6.45) is 3.39. The Morgan fingerprint density at radius 2 is 2.05 bits per heavy atom. The smallest absolute Gasteiger partial charge is 0.223 e. The SMILES string of the molecule is Cl.O=C(NCc1ccccc1Br)C1CC12CCNCC2. The molecule has 2 fully saturated rings. The molecule has 1 unspecified atom stereocenters. The molecule has 1 aliphatic carbocycles. The largest absolute Gasteiger partial charge is 0.352 e. The Balaban J connectivity index is 0.00000147. The van der Waals surface area contributed by atoms with Crippen LogP contribution in [-0.2, 0) is 11.3 Å². The van der Waals surface area contributed by atoms with Gasteiger partial charge < -0.3 is 10.6 Å². The fourth-order valence-corrected chi connectivity index (χ4v) is 3.57. The third-order valence-electron chi connectivity index (χ3n) is 4.52. The molecule has 1 atom stereocenters. The second kappa shape index (κ2) is 6.46. The van der Waals surface area contributed by atoms with E-state index in [4.69, 9.17) is 0 Å². The highest BCUT2D eigenvalue weighted by Gasteiger charge is 2.57. The molecule has 5 heteroatoms. The number of piperidine rings is 1. The second-order valence-electron chi connectivity index (χ2n) is 5.68. The highest BCUT2D eigenvalue weighted by Crippen LogP contribution is 2.58. The molecule has 1 heterocycles. The molecular weight excluding hydrogens is 340 g/mol. The molecule has 3 rings (SSSR count). The Hall–Kier alpha value is -0.580. The van der Waals surface area contributed by atoms with Crippen molar-refractivity contribution >= 4 is 34.2 Å². The molecule has 1 saturated carbocycles. The van der Waals surface area contributed by atoms with Crippen LogP contribution in [0.1, 0.15) is 24.8 Å². The van der Waals surface area contributed by atoms with Gasteiger partial charge in [-0.15, -0.1) is 12.4 Å². The summed E-state index contributed by atoms with van der Waals surface area (Å²) in [6.45, 7) is 2.74. The average Bonchev–Trinajstić information content (AvgIpc) is 3.12. The molecule has 1 saturated heterocycles. The van der Waals surface area contributed by atoms with Crippen LogP contribution in [0.4, 0.5) is 0 Å². The number of halogens is 2. The second-order valence-corrected chi connectivity index (χ2v) is 6.53. The third kappa shape index (κ3) is 3.18. The van der Waals surface area contributed by atoms with Crippen LogP contribution in [0.15, 0.2) is 28.7 Å². The standard InChI is InChI=1S/C15H19BrN2O.ClH/c16-13-4-2-1-3-11(13)10-18-14(19)12-9-15(12)5-7-17-8-6-15;/h1-4,12,17H,5-10H2,(H,18,19);1H. The van der Waals surface area contributed by atoms with Crippen molar-refractivity contribution < 1.29 is 4.79 Å². The van der Waals surface area contributed by atoms with Gasteiger partial charge in [0.05, 0.1) is 0 Å². The molecule has 110 valence electrons. The maximum absolute atomic E-state index is 12.2. The normalized spacial score (nSPS) is 22.9. The molecule has 1 aromatic carbocycles. The van der Waals surface area contributed by atoms with E-state index < -0.39 is 0 Å². The summed E-state index contributed by atoms with van der Waals surface area (Å²) in [6, 6.07) is 8.03. The maximum Gasteiger partial charge on any atom is 0.223 e. The molecule has 1 spiro atoms. The average molecular weight is 360 g/mol. The zero-order valence-electron chi connectivity index (χ0n) is 11.3. The van der Waals surface area contributed by atoms with Crippen LogP contribution in [0.25, 0.3) is 0 Å². The number of rotatable bonds is 3. The van der Waals surface area contributed by atoms with E-state index in [1.807, 2.05) is 24.3 Å². The third-order valence-corrected chi connectivity index (χ3v) is 5.29. The summed E-state index contributed by atoms with van der Waals surface area (Å²) in [4.78, 5) is 12.2. The number of carbonyl (C=O) groups is 1. The summed E-state index contributed by atoms with van der Waals surface area (Å²) in [7, 11) is 0. The van der Waals surface area contributed by atoms with Crippen LogP contribution < -0.4 is 10.6 Å². The molecule has 1 amide bonds. The first-order valence-corrected chi connectivity index (χ1v) is 7.72. The Bertz CT molecular complexity index is 489. The minimum Gasteiger partial charge on any atom is -0.352 e. The van der Waals surface area contributed by atoms with Crippen molar-refractivity contribution in [3.05, 3.63) is 34.3 Å². The number of nitrogens with one attached hydrogen (secondary N) is 2. The number of amides is 1. The first kappa shape index (κ1) is 15.8. The fourth-order valence-electron chi connectivity index (χ4n) is 3.14. The lowest BCUT2D eigenvalue weighted by Crippen LogP contribution is -2.33. The van der Waals surface area contributed by atoms with E-state index in [2.05, 4.69) is 26.6 Å². The van der Waals surface area contributed by atoms with Gasteiger partial charge in [-0.2, -0.15) is 0 Å². The van der Waals surface area contributed by atoms with E-state index in [-0.39, 0.29) is 24.2 Å². The number of carbonyl (C=O) groups excluding carboxylic acids is 1. The summed E-state index contributed by atoms with van der Waals surface area (Å²) >= 11 is 3.51. The van der Waals surface area contributed by atoms with Gasteiger partial charge in [-0.3, -0.25) is 4.79 Å². The van der Waals surface area contributed by atoms with Crippen LogP contribution in [0, 0.1) is 11.3 Å².